The van der Waals surface area contributed by atoms with Gasteiger partial charge in [-0.25, -0.2) is 0 Å². The molecule has 8 heteroatoms. The van der Waals surface area contributed by atoms with Gasteiger partial charge in [-0.1, -0.05) is 30.3 Å². The first kappa shape index (κ1) is 21.6. The summed E-state index contributed by atoms with van der Waals surface area (Å²) < 4.78 is 16.2. The predicted molar refractivity (Wildman–Crippen MR) is 113 cm³/mol. The molecule has 8 nitrogen and oxygen atoms in total. The Morgan fingerprint density at radius 2 is 1.90 bits per heavy atom. The van der Waals surface area contributed by atoms with Gasteiger partial charge in [0.1, 0.15) is 11.5 Å². The first-order valence-corrected chi connectivity index (χ1v) is 9.81. The van der Waals surface area contributed by atoms with E-state index in [2.05, 4.69) is 15.5 Å². The number of morpholine rings is 1. The molecule has 0 spiro atoms. The van der Waals surface area contributed by atoms with Crippen LogP contribution in [0.4, 0.5) is 5.69 Å². The molecule has 1 aliphatic rings. The number of nitrogens with zero attached hydrogens (tertiary/aromatic N) is 1. The Balaban J connectivity index is 1.46. The van der Waals surface area contributed by atoms with Crippen LogP contribution < -0.4 is 20.1 Å². The quantitative estimate of drug-likeness (QED) is 0.674. The predicted octanol–water partition coefficient (Wildman–Crippen LogP) is 1.83. The van der Waals surface area contributed by atoms with Crippen molar-refractivity contribution in [3.63, 3.8) is 0 Å². The van der Waals surface area contributed by atoms with E-state index >= 15 is 0 Å². The second kappa shape index (κ2) is 10.6. The summed E-state index contributed by atoms with van der Waals surface area (Å²) in [6.45, 7) is 3.17. The molecule has 30 heavy (non-hydrogen) atoms. The van der Waals surface area contributed by atoms with Gasteiger partial charge in [0, 0.05) is 32.2 Å². The summed E-state index contributed by atoms with van der Waals surface area (Å²) in [5, 5.41) is 5.23. The molecule has 1 heterocycles. The summed E-state index contributed by atoms with van der Waals surface area (Å²) in [5.41, 5.74) is 1.54. The van der Waals surface area contributed by atoms with Crippen molar-refractivity contribution >= 4 is 17.5 Å². The topological polar surface area (TPSA) is 89.1 Å². The number of hydrogen-bond acceptors (Lipinski definition) is 6. The lowest BCUT2D eigenvalue weighted by atomic mass is 10.1. The van der Waals surface area contributed by atoms with Crippen LogP contribution in [0, 0.1) is 0 Å². The van der Waals surface area contributed by atoms with Crippen LogP contribution in [0.5, 0.6) is 11.5 Å². The molecule has 1 aliphatic heterocycles. The molecule has 1 saturated heterocycles. The zero-order chi connectivity index (χ0) is 21.3. The van der Waals surface area contributed by atoms with Crippen molar-refractivity contribution in [2.45, 2.75) is 6.10 Å². The van der Waals surface area contributed by atoms with Gasteiger partial charge in [0.2, 0.25) is 0 Å². The highest BCUT2D eigenvalue weighted by atomic mass is 16.5. The second-order valence-corrected chi connectivity index (χ2v) is 6.85. The molecular formula is C22H27N3O5. The van der Waals surface area contributed by atoms with Crippen molar-refractivity contribution in [2.75, 3.05) is 52.3 Å². The zero-order valence-corrected chi connectivity index (χ0v) is 17.2. The van der Waals surface area contributed by atoms with Crippen LogP contribution in [0.15, 0.2) is 48.5 Å². The van der Waals surface area contributed by atoms with Gasteiger partial charge in [-0.15, -0.1) is 0 Å². The summed E-state index contributed by atoms with van der Waals surface area (Å²) in [5.74, 6) is -0.437. The van der Waals surface area contributed by atoms with E-state index in [1.54, 1.807) is 18.2 Å². The minimum Gasteiger partial charge on any atom is -0.497 e. The number of hydrogen-bond donors (Lipinski definition) is 2. The van der Waals surface area contributed by atoms with Crippen molar-refractivity contribution < 1.29 is 23.8 Å². The van der Waals surface area contributed by atoms with Crippen LogP contribution in [0.3, 0.4) is 0 Å². The molecule has 1 atom stereocenters. The third-order valence-electron chi connectivity index (χ3n) is 4.90. The first-order chi connectivity index (χ1) is 14.6. The molecule has 160 valence electrons. The van der Waals surface area contributed by atoms with E-state index in [4.69, 9.17) is 14.2 Å². The van der Waals surface area contributed by atoms with Crippen LogP contribution in [0.1, 0.15) is 11.7 Å². The third-order valence-corrected chi connectivity index (χ3v) is 4.90. The fraction of sp³-hybridized carbons (Fsp3) is 0.364. The van der Waals surface area contributed by atoms with E-state index in [1.807, 2.05) is 30.3 Å². The van der Waals surface area contributed by atoms with E-state index in [-0.39, 0.29) is 6.10 Å². The van der Waals surface area contributed by atoms with Crippen molar-refractivity contribution in [1.29, 1.82) is 0 Å². The van der Waals surface area contributed by atoms with Gasteiger partial charge >= 0.3 is 11.8 Å². The average molecular weight is 413 g/mol. The first-order valence-electron chi connectivity index (χ1n) is 9.81. The molecule has 2 aromatic carbocycles. The number of carbonyl (C=O) groups is 2. The Morgan fingerprint density at radius 1 is 1.10 bits per heavy atom. The van der Waals surface area contributed by atoms with Gasteiger partial charge in [0.15, 0.2) is 0 Å². The number of rotatable bonds is 7. The second-order valence-electron chi connectivity index (χ2n) is 6.85. The Hall–Kier alpha value is -3.10. The standard InChI is InChI=1S/C22H27N3O5/c1-28-17-8-9-18(19(14-17)29-2)24-22(27)21(26)23-10-11-25-12-13-30-20(15-25)16-6-4-3-5-7-16/h3-9,14,20H,10-13,15H2,1-2H3,(H,23,26)(H,24,27). The Morgan fingerprint density at radius 3 is 2.63 bits per heavy atom. The lowest BCUT2D eigenvalue weighted by Gasteiger charge is -2.33. The monoisotopic (exact) mass is 413 g/mol. The highest BCUT2D eigenvalue weighted by Crippen LogP contribution is 2.28. The van der Waals surface area contributed by atoms with E-state index in [1.165, 1.54) is 14.2 Å². The Labute approximate surface area is 176 Å². The summed E-state index contributed by atoms with van der Waals surface area (Å²) in [6, 6.07) is 15.0. The van der Waals surface area contributed by atoms with Crippen LogP contribution in [0.2, 0.25) is 0 Å². The molecule has 0 radical (unpaired) electrons. The van der Waals surface area contributed by atoms with Crippen LogP contribution in [-0.2, 0) is 14.3 Å². The van der Waals surface area contributed by atoms with Crippen molar-refractivity contribution in [1.82, 2.24) is 10.2 Å². The van der Waals surface area contributed by atoms with Crippen LogP contribution >= 0.6 is 0 Å². The number of carbonyl (C=O) groups excluding carboxylic acids is 2. The summed E-state index contributed by atoms with van der Waals surface area (Å²) in [4.78, 5) is 26.6. The maximum atomic E-state index is 12.2. The van der Waals surface area contributed by atoms with Gasteiger partial charge in [-0.3, -0.25) is 14.5 Å². The van der Waals surface area contributed by atoms with Crippen LogP contribution in [-0.4, -0.2) is 63.7 Å². The number of ether oxygens (including phenoxy) is 3. The maximum absolute atomic E-state index is 12.2. The van der Waals surface area contributed by atoms with E-state index in [9.17, 15) is 9.59 Å². The summed E-state index contributed by atoms with van der Waals surface area (Å²) in [7, 11) is 3.02. The van der Waals surface area contributed by atoms with Gasteiger partial charge in [0.05, 0.1) is 32.6 Å². The minimum atomic E-state index is -0.748. The summed E-state index contributed by atoms with van der Waals surface area (Å²) >= 11 is 0. The molecule has 0 bridgehead atoms. The van der Waals surface area contributed by atoms with Crippen molar-refractivity contribution in [3.05, 3.63) is 54.1 Å². The molecule has 0 saturated carbocycles. The van der Waals surface area contributed by atoms with E-state index in [0.29, 0.717) is 36.9 Å². The third kappa shape index (κ3) is 5.71. The number of amides is 2. The minimum absolute atomic E-state index is 0.0153. The molecular weight excluding hydrogens is 386 g/mol. The normalized spacial score (nSPS) is 16.5. The molecule has 2 amide bonds. The zero-order valence-electron chi connectivity index (χ0n) is 17.2. The van der Waals surface area contributed by atoms with Gasteiger partial charge in [-0.05, 0) is 17.7 Å². The lowest BCUT2D eigenvalue weighted by molar-refractivity contribution is -0.136. The van der Waals surface area contributed by atoms with E-state index < -0.39 is 11.8 Å². The molecule has 0 aliphatic carbocycles. The molecule has 3 rings (SSSR count). The largest absolute Gasteiger partial charge is 0.497 e. The molecule has 0 aromatic heterocycles. The van der Waals surface area contributed by atoms with Crippen molar-refractivity contribution in [3.8, 4) is 11.5 Å². The lowest BCUT2D eigenvalue weighted by Crippen LogP contribution is -2.44. The SMILES string of the molecule is COc1ccc(NC(=O)C(=O)NCCN2CCOC(c3ccccc3)C2)c(OC)c1. The molecule has 1 fully saturated rings. The Bertz CT molecular complexity index is 859. The molecule has 2 N–H and O–H groups in total. The molecule has 1 unspecified atom stereocenters. The van der Waals surface area contributed by atoms with Gasteiger partial charge in [0.25, 0.3) is 0 Å². The number of nitrogens with one attached hydrogen (secondary N) is 2. The van der Waals surface area contributed by atoms with E-state index in [0.717, 1.165) is 18.7 Å². The maximum Gasteiger partial charge on any atom is 0.313 e. The highest BCUT2D eigenvalue weighted by molar-refractivity contribution is 6.39. The fourth-order valence-corrected chi connectivity index (χ4v) is 3.26. The highest BCUT2D eigenvalue weighted by Gasteiger charge is 2.22. The van der Waals surface area contributed by atoms with Crippen molar-refractivity contribution in [2.24, 2.45) is 0 Å². The summed E-state index contributed by atoms with van der Waals surface area (Å²) in [6.07, 6.45) is 0.0153. The number of anilines is 1. The van der Waals surface area contributed by atoms with Gasteiger partial charge < -0.3 is 24.8 Å². The fourth-order valence-electron chi connectivity index (χ4n) is 3.26. The molecule has 2 aromatic rings. The number of methoxy groups -OCH3 is 2. The van der Waals surface area contributed by atoms with Gasteiger partial charge in [-0.2, -0.15) is 0 Å². The van der Waals surface area contributed by atoms with Crippen LogP contribution in [0.25, 0.3) is 0 Å². The average Bonchev–Trinajstić information content (AvgIpc) is 2.80. The number of benzene rings is 2. The smallest absolute Gasteiger partial charge is 0.313 e. The Kier molecular flexibility index (Phi) is 7.64.